The van der Waals surface area contributed by atoms with Crippen LogP contribution in [-0.4, -0.2) is 29.0 Å². The molecule has 0 bridgehead atoms. The number of nitrogen functional groups attached to an aromatic ring is 1. The minimum absolute atomic E-state index is 0.0201. The van der Waals surface area contributed by atoms with Gasteiger partial charge in [0, 0.05) is 19.5 Å². The van der Waals surface area contributed by atoms with Gasteiger partial charge in [-0.1, -0.05) is 6.92 Å². The zero-order valence-electron chi connectivity index (χ0n) is 10.2. The van der Waals surface area contributed by atoms with Gasteiger partial charge in [0.2, 0.25) is 5.91 Å². The monoisotopic (exact) mass is 316 g/mol. The van der Waals surface area contributed by atoms with Crippen molar-refractivity contribution in [2.75, 3.05) is 23.8 Å². The van der Waals surface area contributed by atoms with Crippen molar-refractivity contribution >= 4 is 33.5 Å². The van der Waals surface area contributed by atoms with Crippen molar-refractivity contribution < 1.29 is 4.79 Å². The zero-order chi connectivity index (χ0) is 13.4. The number of carbonyl (C=O) groups is 1. The summed E-state index contributed by atoms with van der Waals surface area (Å²) >= 11 is 3.32. The van der Waals surface area contributed by atoms with Gasteiger partial charge in [0.1, 0.15) is 16.6 Å². The fraction of sp³-hybridized carbons (Fsp3) is 0.500. The van der Waals surface area contributed by atoms with Gasteiger partial charge in [-0.15, -0.1) is 0 Å². The van der Waals surface area contributed by atoms with Crippen molar-refractivity contribution in [1.82, 2.24) is 15.3 Å². The summed E-state index contributed by atoms with van der Waals surface area (Å²) in [6, 6.07) is 0. The first-order valence-electron chi connectivity index (χ1n) is 5.66. The number of aromatic nitrogens is 2. The second-order valence-electron chi connectivity index (χ2n) is 3.56. The molecule has 0 radical (unpaired) electrons. The van der Waals surface area contributed by atoms with Crippen molar-refractivity contribution in [3.05, 3.63) is 10.8 Å². The second-order valence-corrected chi connectivity index (χ2v) is 4.35. The maximum Gasteiger partial charge on any atom is 0.221 e. The van der Waals surface area contributed by atoms with E-state index in [-0.39, 0.29) is 5.91 Å². The third-order valence-corrected chi connectivity index (χ3v) is 2.89. The van der Waals surface area contributed by atoms with E-state index in [1.165, 1.54) is 6.33 Å². The molecule has 0 saturated heterocycles. The summed E-state index contributed by atoms with van der Waals surface area (Å²) in [6.45, 7) is 3.21. The first kappa shape index (κ1) is 14.7. The number of hydrazine groups is 1. The lowest BCUT2D eigenvalue weighted by atomic mass is 10.3. The molecule has 0 aliphatic carbocycles. The van der Waals surface area contributed by atoms with E-state index in [1.54, 1.807) is 0 Å². The van der Waals surface area contributed by atoms with Crippen molar-refractivity contribution in [2.45, 2.75) is 19.8 Å². The zero-order valence-corrected chi connectivity index (χ0v) is 11.7. The number of rotatable bonds is 7. The third-order valence-electron chi connectivity index (χ3n) is 2.14. The minimum Gasteiger partial charge on any atom is -0.368 e. The van der Waals surface area contributed by atoms with Crippen LogP contribution in [0.5, 0.6) is 0 Å². The lowest BCUT2D eigenvalue weighted by Crippen LogP contribution is -2.26. The Kier molecular flexibility index (Phi) is 6.37. The molecule has 0 fully saturated rings. The fourth-order valence-electron chi connectivity index (χ4n) is 1.24. The van der Waals surface area contributed by atoms with Crippen molar-refractivity contribution in [3.63, 3.8) is 0 Å². The average molecular weight is 317 g/mol. The second kappa shape index (κ2) is 7.83. The Morgan fingerprint density at radius 3 is 2.78 bits per heavy atom. The smallest absolute Gasteiger partial charge is 0.221 e. The van der Waals surface area contributed by atoms with E-state index in [0.717, 1.165) is 6.42 Å². The highest BCUT2D eigenvalue weighted by Gasteiger charge is 2.07. The SMILES string of the molecule is CCCNC(=O)CCNc1ncnc(NN)c1Br. The standard InChI is InChI=1S/C10H17BrN6O/c1-2-4-13-7(18)3-5-14-9-8(11)10(17-12)16-6-15-9/h6H,2-5,12H2,1H3,(H,13,18)(H2,14,15,16,17). The average Bonchev–Trinajstić information content (AvgIpc) is 2.38. The molecule has 0 atom stereocenters. The van der Waals surface area contributed by atoms with Crippen LogP contribution in [-0.2, 0) is 4.79 Å². The predicted octanol–water partition coefficient (Wildman–Crippen LogP) is 0.853. The van der Waals surface area contributed by atoms with Crippen LogP contribution in [0, 0.1) is 0 Å². The highest BCUT2D eigenvalue weighted by atomic mass is 79.9. The summed E-state index contributed by atoms with van der Waals surface area (Å²) in [5, 5.41) is 5.84. The van der Waals surface area contributed by atoms with Gasteiger partial charge in [-0.3, -0.25) is 4.79 Å². The number of carbonyl (C=O) groups excluding carboxylic acids is 1. The third kappa shape index (κ3) is 4.46. The summed E-state index contributed by atoms with van der Waals surface area (Å²) in [7, 11) is 0. The number of hydrogen-bond acceptors (Lipinski definition) is 6. The predicted molar refractivity (Wildman–Crippen MR) is 73.9 cm³/mol. The van der Waals surface area contributed by atoms with Crippen LogP contribution < -0.4 is 21.9 Å². The summed E-state index contributed by atoms with van der Waals surface area (Å²) in [4.78, 5) is 19.3. The molecule has 1 aromatic rings. The highest BCUT2D eigenvalue weighted by molar-refractivity contribution is 9.10. The van der Waals surface area contributed by atoms with Gasteiger partial charge in [0.25, 0.3) is 0 Å². The molecule has 1 rings (SSSR count). The Labute approximate surface area is 114 Å². The van der Waals surface area contributed by atoms with Crippen molar-refractivity contribution in [3.8, 4) is 0 Å². The molecule has 100 valence electrons. The molecule has 7 nitrogen and oxygen atoms in total. The maximum atomic E-state index is 11.4. The number of hydrogen-bond donors (Lipinski definition) is 4. The summed E-state index contributed by atoms with van der Waals surface area (Å²) < 4.78 is 0.640. The van der Waals surface area contributed by atoms with E-state index >= 15 is 0 Å². The highest BCUT2D eigenvalue weighted by Crippen LogP contribution is 2.25. The first-order chi connectivity index (χ1) is 8.69. The summed E-state index contributed by atoms with van der Waals surface area (Å²) in [5.74, 6) is 6.40. The number of anilines is 2. The molecule has 0 aliphatic rings. The molecular weight excluding hydrogens is 300 g/mol. The number of nitrogens with two attached hydrogens (primary N) is 1. The molecule has 1 aromatic heterocycles. The molecule has 0 aliphatic heterocycles. The summed E-state index contributed by atoms with van der Waals surface area (Å²) in [6.07, 6.45) is 2.71. The Bertz CT molecular complexity index is 400. The number of nitrogens with zero attached hydrogens (tertiary/aromatic N) is 2. The largest absolute Gasteiger partial charge is 0.368 e. The van der Waals surface area contributed by atoms with Gasteiger partial charge >= 0.3 is 0 Å². The van der Waals surface area contributed by atoms with Gasteiger partial charge in [0.15, 0.2) is 5.82 Å². The molecule has 1 amide bonds. The molecule has 0 aromatic carbocycles. The van der Waals surface area contributed by atoms with Gasteiger partial charge in [-0.2, -0.15) is 0 Å². The Morgan fingerprint density at radius 1 is 1.39 bits per heavy atom. The van der Waals surface area contributed by atoms with Gasteiger partial charge < -0.3 is 16.1 Å². The molecule has 0 spiro atoms. The van der Waals surface area contributed by atoms with E-state index < -0.39 is 0 Å². The Morgan fingerprint density at radius 2 is 2.11 bits per heavy atom. The number of nitrogens with one attached hydrogen (secondary N) is 3. The van der Waals surface area contributed by atoms with Gasteiger partial charge in [-0.25, -0.2) is 15.8 Å². The van der Waals surface area contributed by atoms with Crippen LogP contribution >= 0.6 is 15.9 Å². The molecule has 1 heterocycles. The van der Waals surface area contributed by atoms with Gasteiger partial charge in [0.05, 0.1) is 0 Å². The quantitative estimate of drug-likeness (QED) is 0.439. The first-order valence-corrected chi connectivity index (χ1v) is 6.46. The number of halogens is 1. The normalized spacial score (nSPS) is 9.94. The van der Waals surface area contributed by atoms with E-state index in [1.807, 2.05) is 6.92 Å². The molecule has 0 saturated carbocycles. The lowest BCUT2D eigenvalue weighted by Gasteiger charge is -2.09. The van der Waals surface area contributed by atoms with Crippen molar-refractivity contribution in [1.29, 1.82) is 0 Å². The molecular formula is C10H17BrN6O. The van der Waals surface area contributed by atoms with E-state index in [0.29, 0.717) is 35.6 Å². The maximum absolute atomic E-state index is 11.4. The molecule has 5 N–H and O–H groups in total. The minimum atomic E-state index is 0.0201. The van der Waals surface area contributed by atoms with Crippen LogP contribution in [0.4, 0.5) is 11.6 Å². The van der Waals surface area contributed by atoms with E-state index in [4.69, 9.17) is 5.84 Å². The Hall–Kier alpha value is -1.41. The lowest BCUT2D eigenvalue weighted by molar-refractivity contribution is -0.120. The van der Waals surface area contributed by atoms with E-state index in [2.05, 4.69) is 42.0 Å². The van der Waals surface area contributed by atoms with E-state index in [9.17, 15) is 4.79 Å². The fourth-order valence-corrected chi connectivity index (χ4v) is 1.70. The summed E-state index contributed by atoms with van der Waals surface area (Å²) in [5.41, 5.74) is 2.45. The van der Waals surface area contributed by atoms with Crippen molar-refractivity contribution in [2.24, 2.45) is 5.84 Å². The van der Waals surface area contributed by atoms with Gasteiger partial charge in [-0.05, 0) is 22.4 Å². The van der Waals surface area contributed by atoms with Crippen LogP contribution in [0.2, 0.25) is 0 Å². The molecule has 0 unspecified atom stereocenters. The van der Waals surface area contributed by atoms with Crippen LogP contribution in [0.25, 0.3) is 0 Å². The number of amides is 1. The van der Waals surface area contributed by atoms with Crippen LogP contribution in [0.15, 0.2) is 10.8 Å². The Balaban J connectivity index is 2.42. The molecule has 18 heavy (non-hydrogen) atoms. The topological polar surface area (TPSA) is 105 Å². The van der Waals surface area contributed by atoms with Crippen LogP contribution in [0.3, 0.4) is 0 Å². The van der Waals surface area contributed by atoms with Crippen LogP contribution in [0.1, 0.15) is 19.8 Å². The molecule has 8 heteroatoms.